The molecule has 1 aliphatic rings. The fraction of sp³-hybridized carbons (Fsp3) is 0.333. The van der Waals surface area contributed by atoms with Crippen LogP contribution in [0.25, 0.3) is 21.9 Å². The van der Waals surface area contributed by atoms with Gasteiger partial charge in [-0.05, 0) is 35.4 Å². The third kappa shape index (κ3) is 3.21. The highest BCUT2D eigenvalue weighted by Gasteiger charge is 2.39. The lowest BCUT2D eigenvalue weighted by atomic mass is 9.94. The smallest absolute Gasteiger partial charge is 0.170 e. The predicted octanol–water partition coefficient (Wildman–Crippen LogP) is 6.85. The van der Waals surface area contributed by atoms with Crippen LogP contribution in [0.1, 0.15) is 43.1 Å². The second-order valence-electron chi connectivity index (χ2n) is 7.42. The van der Waals surface area contributed by atoms with Crippen molar-refractivity contribution in [3.05, 3.63) is 70.5 Å². The standard InChI is InChI=1S/C24H22F4O/c1-3-5-13-6-8-14(9-7-13)15-10-11-16-17-12-18(29-4-2)22(26)20(17)24(28)23(27)19(16)21(15)25/h6-11,18,22H,3-5,12H2,1-2H3. The van der Waals surface area contributed by atoms with Gasteiger partial charge in [0.1, 0.15) is 5.82 Å². The van der Waals surface area contributed by atoms with Gasteiger partial charge in [-0.3, -0.25) is 0 Å². The Morgan fingerprint density at radius 1 is 0.931 bits per heavy atom. The molecular weight excluding hydrogens is 380 g/mol. The monoisotopic (exact) mass is 402 g/mol. The summed E-state index contributed by atoms with van der Waals surface area (Å²) in [5, 5.41) is -0.228. The van der Waals surface area contributed by atoms with Crippen LogP contribution in [0.2, 0.25) is 0 Å². The van der Waals surface area contributed by atoms with Gasteiger partial charge in [0.2, 0.25) is 0 Å². The summed E-state index contributed by atoms with van der Waals surface area (Å²) in [6.45, 7) is 4.04. The summed E-state index contributed by atoms with van der Waals surface area (Å²) < 4.78 is 64.9. The van der Waals surface area contributed by atoms with Gasteiger partial charge in [0.15, 0.2) is 17.8 Å². The number of ether oxygens (including phenoxy) is 1. The number of hydrogen-bond donors (Lipinski definition) is 0. The summed E-state index contributed by atoms with van der Waals surface area (Å²) in [5.41, 5.74) is 1.84. The van der Waals surface area contributed by atoms with Gasteiger partial charge >= 0.3 is 0 Å². The van der Waals surface area contributed by atoms with Crippen molar-refractivity contribution in [2.75, 3.05) is 6.61 Å². The first kappa shape index (κ1) is 19.9. The fourth-order valence-electron chi connectivity index (χ4n) is 4.27. The molecule has 4 rings (SSSR count). The summed E-state index contributed by atoms with van der Waals surface area (Å²) in [5.74, 6) is -3.50. The Bertz CT molecular complexity index is 1060. The lowest BCUT2D eigenvalue weighted by Gasteiger charge is -2.14. The molecule has 0 heterocycles. The second kappa shape index (κ2) is 7.79. The summed E-state index contributed by atoms with van der Waals surface area (Å²) in [6.07, 6.45) is -0.654. The highest BCUT2D eigenvalue weighted by Crippen LogP contribution is 2.44. The van der Waals surface area contributed by atoms with E-state index in [1.54, 1.807) is 31.2 Å². The van der Waals surface area contributed by atoms with Gasteiger partial charge in [0.05, 0.1) is 11.5 Å². The molecule has 1 nitrogen and oxygen atoms in total. The Hall–Kier alpha value is -2.40. The zero-order valence-electron chi connectivity index (χ0n) is 16.4. The normalized spacial score (nSPS) is 18.4. The van der Waals surface area contributed by atoms with Crippen molar-refractivity contribution < 1.29 is 22.3 Å². The van der Waals surface area contributed by atoms with E-state index >= 15 is 4.39 Å². The third-order valence-electron chi connectivity index (χ3n) is 5.63. The summed E-state index contributed by atoms with van der Waals surface area (Å²) in [6, 6.07) is 10.5. The van der Waals surface area contributed by atoms with E-state index < -0.39 is 35.1 Å². The largest absolute Gasteiger partial charge is 0.375 e. The van der Waals surface area contributed by atoms with Crippen molar-refractivity contribution in [3.8, 4) is 11.1 Å². The number of alkyl halides is 1. The second-order valence-corrected chi connectivity index (χ2v) is 7.42. The van der Waals surface area contributed by atoms with Gasteiger partial charge < -0.3 is 4.74 Å². The number of fused-ring (bicyclic) bond motifs is 3. The minimum Gasteiger partial charge on any atom is -0.375 e. The molecule has 3 aromatic rings. The first-order valence-corrected chi connectivity index (χ1v) is 9.94. The number of halogens is 4. The molecule has 0 fully saturated rings. The van der Waals surface area contributed by atoms with Gasteiger partial charge in [-0.2, -0.15) is 0 Å². The molecule has 2 unspecified atom stereocenters. The van der Waals surface area contributed by atoms with Crippen LogP contribution in [-0.2, 0) is 17.6 Å². The van der Waals surface area contributed by atoms with Gasteiger partial charge in [-0.25, -0.2) is 17.6 Å². The Balaban J connectivity index is 1.87. The maximum absolute atomic E-state index is 15.3. The molecule has 0 saturated heterocycles. The van der Waals surface area contributed by atoms with Crippen LogP contribution in [0.4, 0.5) is 17.6 Å². The molecule has 0 aliphatic heterocycles. The summed E-state index contributed by atoms with van der Waals surface area (Å²) >= 11 is 0. The Labute approximate surface area is 167 Å². The first-order chi connectivity index (χ1) is 14.0. The molecule has 0 N–H and O–H groups in total. The van der Waals surface area contributed by atoms with Gasteiger partial charge in [-0.15, -0.1) is 0 Å². The molecule has 0 spiro atoms. The lowest BCUT2D eigenvalue weighted by molar-refractivity contribution is 0.0136. The Morgan fingerprint density at radius 2 is 1.66 bits per heavy atom. The quantitative estimate of drug-likeness (QED) is 0.424. The van der Waals surface area contributed by atoms with E-state index in [1.807, 2.05) is 12.1 Å². The first-order valence-electron chi connectivity index (χ1n) is 9.94. The average molecular weight is 402 g/mol. The number of rotatable bonds is 5. The number of benzene rings is 3. The zero-order chi connectivity index (χ0) is 20.7. The maximum Gasteiger partial charge on any atom is 0.170 e. The van der Waals surface area contributed by atoms with Gasteiger partial charge in [0, 0.05) is 24.2 Å². The molecule has 0 aromatic heterocycles. The van der Waals surface area contributed by atoms with E-state index in [0.29, 0.717) is 5.56 Å². The number of aryl methyl sites for hydroxylation is 1. The van der Waals surface area contributed by atoms with Crippen LogP contribution in [0, 0.1) is 17.5 Å². The summed E-state index contributed by atoms with van der Waals surface area (Å²) in [4.78, 5) is 0. The molecule has 29 heavy (non-hydrogen) atoms. The predicted molar refractivity (Wildman–Crippen MR) is 106 cm³/mol. The van der Waals surface area contributed by atoms with Gasteiger partial charge in [-0.1, -0.05) is 49.7 Å². The molecule has 152 valence electrons. The van der Waals surface area contributed by atoms with E-state index in [9.17, 15) is 13.2 Å². The minimum atomic E-state index is -1.77. The highest BCUT2D eigenvalue weighted by atomic mass is 19.2. The lowest BCUT2D eigenvalue weighted by Crippen LogP contribution is -2.15. The Morgan fingerprint density at radius 3 is 2.31 bits per heavy atom. The molecular formula is C24H22F4O. The molecule has 0 radical (unpaired) electrons. The highest BCUT2D eigenvalue weighted by molar-refractivity contribution is 5.92. The van der Waals surface area contributed by atoms with E-state index in [4.69, 9.17) is 4.74 Å². The topological polar surface area (TPSA) is 9.23 Å². The SMILES string of the molecule is CCCc1ccc(-c2ccc3c4c(c(F)c(F)c3c2F)C(F)C(OCC)C4)cc1. The molecule has 0 amide bonds. The van der Waals surface area contributed by atoms with Crippen LogP contribution in [0.3, 0.4) is 0 Å². The van der Waals surface area contributed by atoms with Crippen molar-refractivity contribution >= 4 is 10.8 Å². The molecule has 1 aliphatic carbocycles. The Kier molecular flexibility index (Phi) is 5.34. The maximum atomic E-state index is 15.3. The van der Waals surface area contributed by atoms with Crippen molar-refractivity contribution in [1.29, 1.82) is 0 Å². The molecule has 2 atom stereocenters. The molecule has 0 saturated carbocycles. The van der Waals surface area contributed by atoms with E-state index in [1.165, 1.54) is 0 Å². The van der Waals surface area contributed by atoms with Crippen LogP contribution >= 0.6 is 0 Å². The van der Waals surface area contributed by atoms with Crippen LogP contribution in [0.5, 0.6) is 0 Å². The van der Waals surface area contributed by atoms with Crippen molar-refractivity contribution in [3.63, 3.8) is 0 Å². The van der Waals surface area contributed by atoms with E-state index in [0.717, 1.165) is 18.4 Å². The average Bonchev–Trinajstić information content (AvgIpc) is 3.04. The molecule has 3 aromatic carbocycles. The van der Waals surface area contributed by atoms with Gasteiger partial charge in [0.25, 0.3) is 0 Å². The van der Waals surface area contributed by atoms with E-state index in [2.05, 4.69) is 6.92 Å². The van der Waals surface area contributed by atoms with Crippen molar-refractivity contribution in [1.82, 2.24) is 0 Å². The van der Waals surface area contributed by atoms with Crippen LogP contribution < -0.4 is 0 Å². The van der Waals surface area contributed by atoms with Crippen molar-refractivity contribution in [2.45, 2.75) is 45.4 Å². The fourth-order valence-corrected chi connectivity index (χ4v) is 4.27. The number of hydrogen-bond acceptors (Lipinski definition) is 1. The van der Waals surface area contributed by atoms with Crippen LogP contribution in [0.15, 0.2) is 36.4 Å². The third-order valence-corrected chi connectivity index (χ3v) is 5.63. The van der Waals surface area contributed by atoms with Crippen LogP contribution in [-0.4, -0.2) is 12.7 Å². The minimum absolute atomic E-state index is 0.0859. The molecule has 5 heteroatoms. The summed E-state index contributed by atoms with van der Waals surface area (Å²) in [7, 11) is 0. The van der Waals surface area contributed by atoms with E-state index in [-0.39, 0.29) is 35.1 Å². The van der Waals surface area contributed by atoms with Crippen molar-refractivity contribution in [2.24, 2.45) is 0 Å². The molecule has 0 bridgehead atoms. The zero-order valence-corrected chi connectivity index (χ0v) is 16.4.